The van der Waals surface area contributed by atoms with Crippen molar-refractivity contribution in [3.8, 4) is 17.1 Å². The molecule has 0 aliphatic rings. The van der Waals surface area contributed by atoms with Gasteiger partial charge in [0.15, 0.2) is 0 Å². The number of hydrogen-bond donors (Lipinski definition) is 1. The summed E-state index contributed by atoms with van der Waals surface area (Å²) < 4.78 is 12.0. The van der Waals surface area contributed by atoms with Crippen molar-refractivity contribution in [1.29, 1.82) is 0 Å². The highest BCUT2D eigenvalue weighted by Crippen LogP contribution is 2.24. The lowest BCUT2D eigenvalue weighted by molar-refractivity contribution is -0.121. The first kappa shape index (κ1) is 18.3. The number of benzene rings is 2. The van der Waals surface area contributed by atoms with Gasteiger partial charge in [0.1, 0.15) is 17.3 Å². The predicted octanol–water partition coefficient (Wildman–Crippen LogP) is 4.97. The molecule has 26 heavy (non-hydrogen) atoms. The number of ether oxygens (including phenoxy) is 1. The monoisotopic (exact) mass is 413 g/mol. The molecule has 0 saturated carbocycles. The van der Waals surface area contributed by atoms with Crippen LogP contribution in [0.4, 0.5) is 0 Å². The van der Waals surface area contributed by atoms with Gasteiger partial charge in [-0.2, -0.15) is 0 Å². The smallest absolute Gasteiger partial charge is 0.220 e. The molecular weight excluding hydrogens is 394 g/mol. The Hall–Kier alpha value is -2.53. The Bertz CT molecular complexity index is 854. The fourth-order valence-electron chi connectivity index (χ4n) is 2.55. The number of halogens is 1. The van der Waals surface area contributed by atoms with Crippen molar-refractivity contribution in [3.63, 3.8) is 0 Å². The number of aryl methyl sites for hydroxylation is 1. The van der Waals surface area contributed by atoms with E-state index < -0.39 is 0 Å². The summed E-state index contributed by atoms with van der Waals surface area (Å²) in [5, 5.41) is 2.92. The topological polar surface area (TPSA) is 51.5 Å². The lowest BCUT2D eigenvalue weighted by Gasteiger charge is -2.06. The number of nitrogens with one attached hydrogen (secondary N) is 1. The minimum atomic E-state index is 0.00223. The molecule has 0 radical (unpaired) electrons. The molecule has 0 saturated heterocycles. The molecule has 0 atom stereocenters. The highest BCUT2D eigenvalue weighted by molar-refractivity contribution is 9.10. The molecule has 0 fully saturated rings. The van der Waals surface area contributed by atoms with Crippen LogP contribution >= 0.6 is 15.9 Å². The number of amides is 1. The summed E-state index contributed by atoms with van der Waals surface area (Å²) in [7, 11) is 1.63. The van der Waals surface area contributed by atoms with E-state index in [1.807, 2.05) is 60.7 Å². The summed E-state index contributed by atoms with van der Waals surface area (Å²) in [4.78, 5) is 12.0. The van der Waals surface area contributed by atoms with Crippen LogP contribution < -0.4 is 10.1 Å². The summed E-state index contributed by atoms with van der Waals surface area (Å²) >= 11 is 3.42. The zero-order valence-corrected chi connectivity index (χ0v) is 16.1. The van der Waals surface area contributed by atoms with E-state index in [0.717, 1.165) is 32.9 Å². The van der Waals surface area contributed by atoms with Crippen LogP contribution in [0.5, 0.6) is 5.75 Å². The van der Waals surface area contributed by atoms with Crippen molar-refractivity contribution in [1.82, 2.24) is 5.32 Å². The van der Waals surface area contributed by atoms with Crippen molar-refractivity contribution in [3.05, 3.63) is 76.5 Å². The molecule has 1 N–H and O–H groups in total. The van der Waals surface area contributed by atoms with Crippen LogP contribution in [0.2, 0.25) is 0 Å². The third kappa shape index (κ3) is 4.99. The molecule has 2 aromatic carbocycles. The lowest BCUT2D eigenvalue weighted by atomic mass is 10.2. The molecule has 0 aliphatic heterocycles. The van der Waals surface area contributed by atoms with Crippen molar-refractivity contribution >= 4 is 21.8 Å². The first-order valence-electron chi connectivity index (χ1n) is 8.38. The van der Waals surface area contributed by atoms with Crippen LogP contribution in [0.25, 0.3) is 11.3 Å². The Morgan fingerprint density at radius 2 is 1.77 bits per heavy atom. The fraction of sp³-hybridized carbons (Fsp3) is 0.190. The van der Waals surface area contributed by atoms with Crippen LogP contribution in [-0.2, 0) is 17.8 Å². The second-order valence-electron chi connectivity index (χ2n) is 5.90. The van der Waals surface area contributed by atoms with Gasteiger partial charge in [0.2, 0.25) is 5.91 Å². The standard InChI is InChI=1S/C21H20BrNO3/c1-25-18-8-2-15(3-9-18)14-23-21(24)13-11-19-10-12-20(26-19)16-4-6-17(22)7-5-16/h2-10,12H,11,13-14H2,1H3,(H,23,24). The van der Waals surface area contributed by atoms with E-state index in [2.05, 4.69) is 21.2 Å². The number of rotatable bonds is 7. The van der Waals surface area contributed by atoms with Gasteiger partial charge >= 0.3 is 0 Å². The number of furan rings is 1. The summed E-state index contributed by atoms with van der Waals surface area (Å²) in [6.45, 7) is 0.505. The Morgan fingerprint density at radius 3 is 2.46 bits per heavy atom. The van der Waals surface area contributed by atoms with E-state index in [0.29, 0.717) is 19.4 Å². The minimum absolute atomic E-state index is 0.00223. The van der Waals surface area contributed by atoms with E-state index in [9.17, 15) is 4.79 Å². The molecule has 1 amide bonds. The second kappa shape index (κ2) is 8.72. The zero-order chi connectivity index (χ0) is 18.4. The van der Waals surface area contributed by atoms with E-state index in [4.69, 9.17) is 9.15 Å². The Morgan fingerprint density at radius 1 is 1.04 bits per heavy atom. The van der Waals surface area contributed by atoms with Gasteiger partial charge in [-0.05, 0) is 42.0 Å². The molecule has 0 aliphatic carbocycles. The number of carbonyl (C=O) groups is 1. The molecule has 0 bridgehead atoms. The average molecular weight is 414 g/mol. The van der Waals surface area contributed by atoms with E-state index >= 15 is 0 Å². The van der Waals surface area contributed by atoms with E-state index in [-0.39, 0.29) is 5.91 Å². The van der Waals surface area contributed by atoms with Gasteiger partial charge in [-0.1, -0.05) is 40.2 Å². The molecule has 1 aromatic heterocycles. The number of hydrogen-bond acceptors (Lipinski definition) is 3. The lowest BCUT2D eigenvalue weighted by Crippen LogP contribution is -2.22. The molecule has 5 heteroatoms. The molecule has 1 heterocycles. The van der Waals surface area contributed by atoms with Crippen molar-refractivity contribution < 1.29 is 13.9 Å². The first-order valence-corrected chi connectivity index (χ1v) is 9.17. The van der Waals surface area contributed by atoms with Crippen LogP contribution in [0.3, 0.4) is 0 Å². The van der Waals surface area contributed by atoms with Gasteiger partial charge in [-0.3, -0.25) is 4.79 Å². The van der Waals surface area contributed by atoms with Gasteiger partial charge in [0.25, 0.3) is 0 Å². The third-order valence-corrected chi connectivity index (χ3v) is 4.57. The van der Waals surface area contributed by atoms with E-state index in [1.54, 1.807) is 7.11 Å². The summed E-state index contributed by atoms with van der Waals surface area (Å²) in [6.07, 6.45) is 0.967. The van der Waals surface area contributed by atoms with Crippen LogP contribution in [0.1, 0.15) is 17.7 Å². The largest absolute Gasteiger partial charge is 0.497 e. The highest BCUT2D eigenvalue weighted by Gasteiger charge is 2.08. The Kier molecular flexibility index (Phi) is 6.12. The zero-order valence-electron chi connectivity index (χ0n) is 14.5. The molecule has 0 spiro atoms. The third-order valence-electron chi connectivity index (χ3n) is 4.04. The summed E-state index contributed by atoms with van der Waals surface area (Å²) in [5.41, 5.74) is 2.05. The molecule has 3 aromatic rings. The van der Waals surface area contributed by atoms with Gasteiger partial charge < -0.3 is 14.5 Å². The van der Waals surface area contributed by atoms with Crippen LogP contribution in [0, 0.1) is 0 Å². The molecule has 3 rings (SSSR count). The van der Waals surface area contributed by atoms with Crippen molar-refractivity contribution in [2.24, 2.45) is 0 Å². The molecule has 4 nitrogen and oxygen atoms in total. The molecular formula is C21H20BrNO3. The fourth-order valence-corrected chi connectivity index (χ4v) is 2.82. The van der Waals surface area contributed by atoms with Gasteiger partial charge in [-0.25, -0.2) is 0 Å². The van der Waals surface area contributed by atoms with Gasteiger partial charge in [0.05, 0.1) is 7.11 Å². The average Bonchev–Trinajstić information content (AvgIpc) is 3.14. The highest BCUT2D eigenvalue weighted by atomic mass is 79.9. The minimum Gasteiger partial charge on any atom is -0.497 e. The maximum absolute atomic E-state index is 12.0. The van der Waals surface area contributed by atoms with Crippen LogP contribution in [-0.4, -0.2) is 13.0 Å². The van der Waals surface area contributed by atoms with Crippen LogP contribution in [0.15, 0.2) is 69.6 Å². The molecule has 134 valence electrons. The second-order valence-corrected chi connectivity index (χ2v) is 6.81. The van der Waals surface area contributed by atoms with Crippen molar-refractivity contribution in [2.45, 2.75) is 19.4 Å². The van der Waals surface area contributed by atoms with Gasteiger partial charge in [-0.15, -0.1) is 0 Å². The summed E-state index contributed by atoms with van der Waals surface area (Å²) in [6, 6.07) is 19.5. The number of methoxy groups -OCH3 is 1. The Balaban J connectivity index is 1.47. The van der Waals surface area contributed by atoms with Gasteiger partial charge in [0, 0.05) is 29.4 Å². The first-order chi connectivity index (χ1) is 12.6. The van der Waals surface area contributed by atoms with E-state index in [1.165, 1.54) is 0 Å². The molecule has 0 unspecified atom stereocenters. The maximum atomic E-state index is 12.0. The Labute approximate surface area is 161 Å². The predicted molar refractivity (Wildman–Crippen MR) is 105 cm³/mol. The van der Waals surface area contributed by atoms with Crippen molar-refractivity contribution in [2.75, 3.05) is 7.11 Å². The quantitative estimate of drug-likeness (QED) is 0.594. The normalized spacial score (nSPS) is 10.5. The number of carbonyl (C=O) groups excluding carboxylic acids is 1. The summed E-state index contributed by atoms with van der Waals surface area (Å²) in [5.74, 6) is 2.43. The SMILES string of the molecule is COc1ccc(CNC(=O)CCc2ccc(-c3ccc(Br)cc3)o2)cc1. The maximum Gasteiger partial charge on any atom is 0.220 e.